The van der Waals surface area contributed by atoms with Gasteiger partial charge in [0.1, 0.15) is 6.61 Å². The summed E-state index contributed by atoms with van der Waals surface area (Å²) in [7, 11) is -3.47. The average molecular weight is 388 g/mol. The molecule has 0 aromatic heterocycles. The zero-order chi connectivity index (χ0) is 19.5. The molecule has 0 fully saturated rings. The van der Waals surface area contributed by atoms with Gasteiger partial charge < -0.3 is 10.1 Å². The molecule has 0 aliphatic carbocycles. The van der Waals surface area contributed by atoms with Crippen molar-refractivity contribution in [2.24, 2.45) is 0 Å². The monoisotopic (exact) mass is 387 g/mol. The highest BCUT2D eigenvalue weighted by Gasteiger charge is 2.13. The molecule has 0 aliphatic rings. The van der Waals surface area contributed by atoms with Crippen LogP contribution in [0.15, 0.2) is 77.0 Å². The summed E-state index contributed by atoms with van der Waals surface area (Å²) < 4.78 is 29.7. The first-order chi connectivity index (χ1) is 13.0. The smallest absolute Gasteiger partial charge is 0.407 e. The highest BCUT2D eigenvalue weighted by Crippen LogP contribution is 2.12. The molecule has 1 atom stereocenters. The number of carbonyl (C=O) groups excluding carboxylic acids is 1. The van der Waals surface area contributed by atoms with Crippen molar-refractivity contribution in [1.29, 1.82) is 0 Å². The fraction of sp³-hybridized carbons (Fsp3) is 0.286. The van der Waals surface area contributed by atoms with Crippen molar-refractivity contribution in [2.45, 2.75) is 43.7 Å². The quantitative estimate of drug-likeness (QED) is 0.689. The second-order valence-electron chi connectivity index (χ2n) is 6.16. The van der Waals surface area contributed by atoms with E-state index in [1.807, 2.05) is 37.3 Å². The topological polar surface area (TPSA) is 72.5 Å². The molecule has 144 valence electrons. The van der Waals surface area contributed by atoms with Gasteiger partial charge in [-0.1, -0.05) is 68.0 Å². The Bertz CT molecular complexity index is 833. The van der Waals surface area contributed by atoms with E-state index < -0.39 is 15.9 Å². The van der Waals surface area contributed by atoms with Crippen LogP contribution in [-0.2, 0) is 21.2 Å². The van der Waals surface area contributed by atoms with Gasteiger partial charge in [0, 0.05) is 11.4 Å². The number of benzene rings is 2. The maximum Gasteiger partial charge on any atom is 0.407 e. The number of alkyl carbamates (subject to hydrolysis) is 1. The van der Waals surface area contributed by atoms with Crippen molar-refractivity contribution in [2.75, 3.05) is 0 Å². The molecule has 0 aliphatic heterocycles. The molecule has 2 aromatic rings. The van der Waals surface area contributed by atoms with Crippen LogP contribution in [0.4, 0.5) is 4.79 Å². The number of rotatable bonds is 9. The van der Waals surface area contributed by atoms with Gasteiger partial charge in [0.2, 0.25) is 0 Å². The minimum Gasteiger partial charge on any atom is -0.445 e. The maximum absolute atomic E-state index is 12.3. The van der Waals surface area contributed by atoms with Gasteiger partial charge in [-0.2, -0.15) is 0 Å². The summed E-state index contributed by atoms with van der Waals surface area (Å²) in [4.78, 5) is 12.3. The lowest BCUT2D eigenvalue weighted by Crippen LogP contribution is -2.34. The van der Waals surface area contributed by atoms with Gasteiger partial charge >= 0.3 is 6.09 Å². The Balaban J connectivity index is 1.88. The predicted molar refractivity (Wildman–Crippen MR) is 106 cm³/mol. The summed E-state index contributed by atoms with van der Waals surface area (Å²) >= 11 is 0. The van der Waals surface area contributed by atoms with Crippen LogP contribution in [0.5, 0.6) is 0 Å². The van der Waals surface area contributed by atoms with Gasteiger partial charge in [0.05, 0.1) is 4.90 Å². The first-order valence-corrected chi connectivity index (χ1v) is 10.5. The van der Waals surface area contributed by atoms with E-state index >= 15 is 0 Å². The minimum atomic E-state index is -3.47. The van der Waals surface area contributed by atoms with E-state index in [4.69, 9.17) is 4.74 Å². The molecule has 0 saturated carbocycles. The molecule has 0 radical (unpaired) electrons. The summed E-state index contributed by atoms with van der Waals surface area (Å²) in [6.45, 7) is 2.21. The van der Waals surface area contributed by atoms with Crippen molar-refractivity contribution in [3.8, 4) is 0 Å². The molecule has 1 N–H and O–H groups in total. The fourth-order valence-corrected chi connectivity index (χ4v) is 3.62. The summed E-state index contributed by atoms with van der Waals surface area (Å²) in [6, 6.07) is 17.5. The highest BCUT2D eigenvalue weighted by molar-refractivity contribution is 7.94. The molecular formula is C21H25NO4S. The van der Waals surface area contributed by atoms with Gasteiger partial charge in [-0.05, 0) is 30.5 Å². The number of ether oxygens (including phenoxy) is 1. The Morgan fingerprint density at radius 3 is 2.33 bits per heavy atom. The molecule has 2 aromatic carbocycles. The lowest BCUT2D eigenvalue weighted by molar-refractivity contribution is 0.135. The van der Waals surface area contributed by atoms with Gasteiger partial charge in [0.15, 0.2) is 9.84 Å². The van der Waals surface area contributed by atoms with Crippen LogP contribution in [0.1, 0.15) is 31.7 Å². The van der Waals surface area contributed by atoms with Crippen molar-refractivity contribution >= 4 is 15.9 Å². The zero-order valence-corrected chi connectivity index (χ0v) is 16.2. The van der Waals surface area contributed by atoms with Crippen LogP contribution in [0.2, 0.25) is 0 Å². The molecule has 1 amide bonds. The summed E-state index contributed by atoms with van der Waals surface area (Å²) in [5.41, 5.74) is 0.911. The van der Waals surface area contributed by atoms with Crippen LogP contribution in [0.25, 0.3) is 0 Å². The Morgan fingerprint density at radius 2 is 1.70 bits per heavy atom. The first kappa shape index (κ1) is 20.7. The van der Waals surface area contributed by atoms with Crippen LogP contribution >= 0.6 is 0 Å². The third-order valence-electron chi connectivity index (χ3n) is 3.94. The van der Waals surface area contributed by atoms with Gasteiger partial charge in [-0.15, -0.1) is 0 Å². The molecule has 27 heavy (non-hydrogen) atoms. The normalized spacial score (nSPS) is 12.6. The van der Waals surface area contributed by atoms with E-state index in [9.17, 15) is 13.2 Å². The van der Waals surface area contributed by atoms with Crippen LogP contribution in [-0.4, -0.2) is 20.6 Å². The SMILES string of the molecule is CCCC(C/C=C/S(=O)(=O)c1ccccc1)NC(=O)OCc1ccccc1. The number of hydrogen-bond donors (Lipinski definition) is 1. The van der Waals surface area contributed by atoms with E-state index in [0.717, 1.165) is 18.4 Å². The molecule has 5 nitrogen and oxygen atoms in total. The Kier molecular flexibility index (Phi) is 8.07. The average Bonchev–Trinajstić information content (AvgIpc) is 2.68. The summed E-state index contributed by atoms with van der Waals surface area (Å²) in [6.07, 6.45) is 3.09. The number of amides is 1. The van der Waals surface area contributed by atoms with Gasteiger partial charge in [-0.25, -0.2) is 13.2 Å². The van der Waals surface area contributed by atoms with E-state index in [1.54, 1.807) is 36.4 Å². The molecule has 1 unspecified atom stereocenters. The molecular weight excluding hydrogens is 362 g/mol. The second kappa shape index (κ2) is 10.5. The summed E-state index contributed by atoms with van der Waals surface area (Å²) in [5.74, 6) is 0. The number of sulfone groups is 1. The van der Waals surface area contributed by atoms with Gasteiger partial charge in [0.25, 0.3) is 0 Å². The molecule has 0 heterocycles. The molecule has 0 spiro atoms. The van der Waals surface area contributed by atoms with E-state index in [-0.39, 0.29) is 17.5 Å². The van der Waals surface area contributed by atoms with Crippen molar-refractivity contribution in [3.05, 3.63) is 77.7 Å². The van der Waals surface area contributed by atoms with Crippen LogP contribution in [0.3, 0.4) is 0 Å². The Morgan fingerprint density at radius 1 is 1.07 bits per heavy atom. The number of nitrogens with one attached hydrogen (secondary N) is 1. The number of hydrogen-bond acceptors (Lipinski definition) is 4. The standard InChI is InChI=1S/C21H25NO4S/c1-2-10-19(22-21(23)26-17-18-11-5-3-6-12-18)13-9-16-27(24,25)20-14-7-4-8-15-20/h3-9,11-12,14-16,19H,2,10,13,17H2,1H3,(H,22,23)/b16-9+. The third kappa shape index (κ3) is 7.27. The fourth-order valence-electron chi connectivity index (χ4n) is 2.56. The Labute approximate surface area is 161 Å². The highest BCUT2D eigenvalue weighted by atomic mass is 32.2. The maximum atomic E-state index is 12.3. The predicted octanol–water partition coefficient (Wildman–Crippen LogP) is 4.46. The molecule has 0 saturated heterocycles. The lowest BCUT2D eigenvalue weighted by Gasteiger charge is -2.16. The van der Waals surface area contributed by atoms with E-state index in [0.29, 0.717) is 6.42 Å². The first-order valence-electron chi connectivity index (χ1n) is 8.95. The van der Waals surface area contributed by atoms with Crippen molar-refractivity contribution < 1.29 is 17.9 Å². The largest absolute Gasteiger partial charge is 0.445 e. The second-order valence-corrected chi connectivity index (χ2v) is 7.99. The lowest BCUT2D eigenvalue weighted by atomic mass is 10.1. The van der Waals surface area contributed by atoms with Crippen molar-refractivity contribution in [3.63, 3.8) is 0 Å². The molecule has 6 heteroatoms. The van der Waals surface area contributed by atoms with Crippen LogP contribution < -0.4 is 5.32 Å². The van der Waals surface area contributed by atoms with Crippen molar-refractivity contribution in [1.82, 2.24) is 5.32 Å². The third-order valence-corrected chi connectivity index (χ3v) is 5.42. The van der Waals surface area contributed by atoms with Gasteiger partial charge in [-0.3, -0.25) is 0 Å². The van der Waals surface area contributed by atoms with E-state index in [2.05, 4.69) is 5.32 Å². The molecule has 0 bridgehead atoms. The van der Waals surface area contributed by atoms with E-state index in [1.165, 1.54) is 5.41 Å². The molecule has 2 rings (SSSR count). The summed E-state index contributed by atoms with van der Waals surface area (Å²) in [5, 5.41) is 4.00. The Hall–Kier alpha value is -2.60. The van der Waals surface area contributed by atoms with Crippen LogP contribution in [0, 0.1) is 0 Å². The minimum absolute atomic E-state index is 0.180. The number of carbonyl (C=O) groups is 1. The zero-order valence-electron chi connectivity index (χ0n) is 15.4.